The lowest BCUT2D eigenvalue weighted by molar-refractivity contribution is 0.0913. The number of aryl methyl sites for hydroxylation is 1. The van der Waals surface area contributed by atoms with Gasteiger partial charge in [0.1, 0.15) is 12.2 Å². The number of methoxy groups -OCH3 is 2. The Morgan fingerprint density at radius 3 is 2.66 bits per heavy atom. The van der Waals surface area contributed by atoms with E-state index in [1.54, 1.807) is 32.4 Å². The van der Waals surface area contributed by atoms with Gasteiger partial charge in [0.2, 0.25) is 0 Å². The maximum atomic E-state index is 12.8. The van der Waals surface area contributed by atoms with Crippen molar-refractivity contribution in [2.45, 2.75) is 19.9 Å². The maximum Gasteiger partial charge on any atom is 0.287 e. The molecule has 0 aliphatic rings. The largest absolute Gasteiger partial charge is 0.493 e. The molecule has 0 bridgehead atoms. The summed E-state index contributed by atoms with van der Waals surface area (Å²) < 4.78 is 21.8. The summed E-state index contributed by atoms with van der Waals surface area (Å²) in [5.74, 6) is 1.20. The van der Waals surface area contributed by atoms with Gasteiger partial charge >= 0.3 is 0 Å². The van der Waals surface area contributed by atoms with Crippen molar-refractivity contribution in [1.82, 2.24) is 5.32 Å². The van der Waals surface area contributed by atoms with Crippen LogP contribution in [0.4, 0.5) is 0 Å². The minimum Gasteiger partial charge on any atom is -0.493 e. The third kappa shape index (κ3) is 4.66. The number of hydrogen-bond donors (Lipinski definition) is 1. The van der Waals surface area contributed by atoms with Gasteiger partial charge in [-0.05, 0) is 49.7 Å². The molecule has 1 amide bonds. The highest BCUT2D eigenvalue weighted by Crippen LogP contribution is 2.31. The third-order valence-electron chi connectivity index (χ3n) is 4.68. The standard InChI is InChI=1S/C22H24ClNO5/c1-13-17-12-16(23)6-8-18(17)29-21(13)22(25)24-14(2)15-5-7-19(20(11-15)27-4)28-10-9-26-3/h5-8,11-12,14H,9-10H2,1-4H3,(H,24,25). The average Bonchev–Trinajstić information content (AvgIpc) is 3.04. The van der Waals surface area contributed by atoms with E-state index in [1.807, 2.05) is 32.0 Å². The molecule has 2 aromatic carbocycles. The smallest absolute Gasteiger partial charge is 0.287 e. The highest BCUT2D eigenvalue weighted by atomic mass is 35.5. The number of carbonyl (C=O) groups is 1. The van der Waals surface area contributed by atoms with E-state index in [9.17, 15) is 4.79 Å². The lowest BCUT2D eigenvalue weighted by atomic mass is 10.1. The predicted molar refractivity (Wildman–Crippen MR) is 112 cm³/mol. The van der Waals surface area contributed by atoms with Crippen molar-refractivity contribution in [3.63, 3.8) is 0 Å². The van der Waals surface area contributed by atoms with Gasteiger partial charge in [-0.1, -0.05) is 17.7 Å². The van der Waals surface area contributed by atoms with Crippen molar-refractivity contribution >= 4 is 28.5 Å². The fourth-order valence-corrected chi connectivity index (χ4v) is 3.24. The van der Waals surface area contributed by atoms with Crippen LogP contribution in [0.3, 0.4) is 0 Å². The van der Waals surface area contributed by atoms with Crippen molar-refractivity contribution in [1.29, 1.82) is 0 Å². The van der Waals surface area contributed by atoms with Crippen LogP contribution >= 0.6 is 11.6 Å². The first-order chi connectivity index (χ1) is 13.9. The zero-order valence-corrected chi connectivity index (χ0v) is 17.6. The van der Waals surface area contributed by atoms with E-state index in [2.05, 4.69) is 5.32 Å². The second kappa shape index (κ2) is 9.20. The normalized spacial score (nSPS) is 12.0. The van der Waals surface area contributed by atoms with Crippen LogP contribution < -0.4 is 14.8 Å². The van der Waals surface area contributed by atoms with Gasteiger partial charge in [-0.25, -0.2) is 0 Å². The summed E-state index contributed by atoms with van der Waals surface area (Å²) in [5, 5.41) is 4.40. The highest BCUT2D eigenvalue weighted by Gasteiger charge is 2.20. The molecule has 0 aliphatic carbocycles. The zero-order chi connectivity index (χ0) is 21.0. The van der Waals surface area contributed by atoms with Crippen molar-refractivity contribution < 1.29 is 23.4 Å². The number of furan rings is 1. The van der Waals surface area contributed by atoms with Crippen molar-refractivity contribution in [3.8, 4) is 11.5 Å². The number of rotatable bonds is 8. The molecule has 29 heavy (non-hydrogen) atoms. The van der Waals surface area contributed by atoms with Gasteiger partial charge < -0.3 is 23.9 Å². The molecule has 0 fully saturated rings. The molecule has 0 saturated carbocycles. The van der Waals surface area contributed by atoms with Crippen molar-refractivity contribution in [2.75, 3.05) is 27.4 Å². The van der Waals surface area contributed by atoms with E-state index in [1.165, 1.54) is 0 Å². The summed E-state index contributed by atoms with van der Waals surface area (Å²) in [5.41, 5.74) is 2.27. The number of carbonyl (C=O) groups excluding carboxylic acids is 1. The number of benzene rings is 2. The van der Waals surface area contributed by atoms with E-state index >= 15 is 0 Å². The third-order valence-corrected chi connectivity index (χ3v) is 4.92. The van der Waals surface area contributed by atoms with E-state index in [0.29, 0.717) is 35.3 Å². The Balaban J connectivity index is 1.76. The monoisotopic (exact) mass is 417 g/mol. The number of fused-ring (bicyclic) bond motifs is 1. The molecule has 0 radical (unpaired) electrons. The van der Waals surface area contributed by atoms with E-state index < -0.39 is 0 Å². The zero-order valence-electron chi connectivity index (χ0n) is 16.9. The van der Waals surface area contributed by atoms with Gasteiger partial charge in [-0.15, -0.1) is 0 Å². The Bertz CT molecular complexity index is 1010. The Hall–Kier alpha value is -2.70. The molecule has 1 aromatic heterocycles. The lowest BCUT2D eigenvalue weighted by Crippen LogP contribution is -2.26. The molecule has 3 aromatic rings. The molecular formula is C22H24ClNO5. The SMILES string of the molecule is COCCOc1ccc(C(C)NC(=O)c2oc3ccc(Cl)cc3c2C)cc1OC. The lowest BCUT2D eigenvalue weighted by Gasteiger charge is -2.17. The Kier molecular flexibility index (Phi) is 6.67. The molecule has 3 rings (SSSR count). The van der Waals surface area contributed by atoms with Gasteiger partial charge in [-0.2, -0.15) is 0 Å². The fourth-order valence-electron chi connectivity index (χ4n) is 3.06. The molecule has 154 valence electrons. The molecule has 1 heterocycles. The molecule has 0 spiro atoms. The van der Waals surface area contributed by atoms with Crippen LogP contribution in [0.1, 0.15) is 34.6 Å². The molecular weight excluding hydrogens is 394 g/mol. The summed E-state index contributed by atoms with van der Waals surface area (Å²) in [4.78, 5) is 12.8. The average molecular weight is 418 g/mol. The van der Waals surface area contributed by atoms with Gasteiger partial charge in [0.25, 0.3) is 5.91 Å². The summed E-state index contributed by atoms with van der Waals surface area (Å²) in [7, 11) is 3.20. The fraction of sp³-hybridized carbons (Fsp3) is 0.318. The van der Waals surface area contributed by atoms with E-state index in [4.69, 9.17) is 30.2 Å². The molecule has 7 heteroatoms. The summed E-state index contributed by atoms with van der Waals surface area (Å²) in [6, 6.07) is 10.6. The number of nitrogens with one attached hydrogen (secondary N) is 1. The van der Waals surface area contributed by atoms with E-state index in [0.717, 1.165) is 16.5 Å². The molecule has 6 nitrogen and oxygen atoms in total. The number of ether oxygens (including phenoxy) is 3. The first-order valence-electron chi connectivity index (χ1n) is 9.23. The minimum atomic E-state index is -0.290. The quantitative estimate of drug-likeness (QED) is 0.527. The Labute approximate surface area is 174 Å². The van der Waals surface area contributed by atoms with Gasteiger partial charge in [0.05, 0.1) is 19.8 Å². The number of halogens is 1. The highest BCUT2D eigenvalue weighted by molar-refractivity contribution is 6.31. The maximum absolute atomic E-state index is 12.8. The second-order valence-electron chi connectivity index (χ2n) is 6.64. The van der Waals surface area contributed by atoms with Crippen LogP contribution in [0.5, 0.6) is 11.5 Å². The molecule has 0 aliphatic heterocycles. The molecule has 1 N–H and O–H groups in total. The van der Waals surface area contributed by atoms with E-state index in [-0.39, 0.29) is 17.7 Å². The Morgan fingerprint density at radius 1 is 1.14 bits per heavy atom. The molecule has 1 unspecified atom stereocenters. The van der Waals surface area contributed by atoms with Crippen LogP contribution in [0.25, 0.3) is 11.0 Å². The minimum absolute atomic E-state index is 0.263. The number of hydrogen-bond acceptors (Lipinski definition) is 5. The van der Waals surface area contributed by atoms with Crippen LogP contribution in [-0.4, -0.2) is 33.3 Å². The van der Waals surface area contributed by atoms with Gasteiger partial charge in [-0.3, -0.25) is 4.79 Å². The molecule has 1 atom stereocenters. The summed E-state index contributed by atoms with van der Waals surface area (Å²) in [6.07, 6.45) is 0. The summed E-state index contributed by atoms with van der Waals surface area (Å²) >= 11 is 6.05. The predicted octanol–water partition coefficient (Wildman–Crippen LogP) is 4.92. The van der Waals surface area contributed by atoms with Crippen LogP contribution in [0, 0.1) is 6.92 Å². The second-order valence-corrected chi connectivity index (χ2v) is 7.08. The first kappa shape index (κ1) is 21.0. The summed E-state index contributed by atoms with van der Waals surface area (Å²) in [6.45, 7) is 4.65. The van der Waals surface area contributed by atoms with Gasteiger partial charge in [0, 0.05) is 23.1 Å². The van der Waals surface area contributed by atoms with Crippen LogP contribution in [0.2, 0.25) is 5.02 Å². The van der Waals surface area contributed by atoms with Crippen molar-refractivity contribution in [2.24, 2.45) is 0 Å². The van der Waals surface area contributed by atoms with Crippen LogP contribution in [-0.2, 0) is 4.74 Å². The van der Waals surface area contributed by atoms with Crippen LogP contribution in [0.15, 0.2) is 40.8 Å². The first-order valence-corrected chi connectivity index (χ1v) is 9.61. The Morgan fingerprint density at radius 2 is 1.93 bits per heavy atom. The number of amides is 1. The van der Waals surface area contributed by atoms with Gasteiger partial charge in [0.15, 0.2) is 17.3 Å². The topological polar surface area (TPSA) is 69.9 Å². The molecule has 0 saturated heterocycles. The van der Waals surface area contributed by atoms with Crippen molar-refractivity contribution in [3.05, 3.63) is 58.3 Å².